The van der Waals surface area contributed by atoms with Crippen LogP contribution >= 0.6 is 11.6 Å². The Kier molecular flexibility index (Phi) is 2.52. The maximum absolute atomic E-state index is 13.8. The van der Waals surface area contributed by atoms with Crippen LogP contribution in [-0.4, -0.2) is 9.97 Å². The lowest BCUT2D eigenvalue weighted by Gasteiger charge is -2.08. The molecule has 0 saturated carbocycles. The molecule has 2 N–H and O–H groups in total. The van der Waals surface area contributed by atoms with Gasteiger partial charge in [-0.3, -0.25) is 0 Å². The Balaban J connectivity index is 2.17. The van der Waals surface area contributed by atoms with Crippen LogP contribution in [0.25, 0.3) is 5.57 Å². The van der Waals surface area contributed by atoms with Gasteiger partial charge in [-0.1, -0.05) is 18.2 Å². The van der Waals surface area contributed by atoms with E-state index >= 15 is 0 Å². The zero-order valence-corrected chi connectivity index (χ0v) is 10.1. The summed E-state index contributed by atoms with van der Waals surface area (Å²) in [6.45, 7) is 0. The molecule has 1 aliphatic rings. The Hall–Kier alpha value is -1.94. The van der Waals surface area contributed by atoms with E-state index in [-0.39, 0.29) is 11.0 Å². The van der Waals surface area contributed by atoms with Gasteiger partial charge in [-0.15, -0.1) is 0 Å². The number of halogens is 2. The molecule has 18 heavy (non-hydrogen) atoms. The highest BCUT2D eigenvalue weighted by Gasteiger charge is 2.21. The molecule has 1 aromatic carbocycles. The molecule has 1 aromatic heterocycles. The molecule has 90 valence electrons. The zero-order valence-electron chi connectivity index (χ0n) is 9.32. The van der Waals surface area contributed by atoms with Crippen LogP contribution in [0.2, 0.25) is 5.28 Å². The maximum atomic E-state index is 13.8. The second-order valence-corrected chi connectivity index (χ2v) is 4.37. The SMILES string of the molecule is Nc1cccc2c1CC=C2c1nc(Cl)ncc1F. The van der Waals surface area contributed by atoms with E-state index in [9.17, 15) is 4.39 Å². The first kappa shape index (κ1) is 11.2. The van der Waals surface area contributed by atoms with Crippen molar-refractivity contribution in [1.29, 1.82) is 0 Å². The zero-order chi connectivity index (χ0) is 12.7. The summed E-state index contributed by atoms with van der Waals surface area (Å²) >= 11 is 5.71. The molecule has 0 bridgehead atoms. The van der Waals surface area contributed by atoms with Gasteiger partial charge >= 0.3 is 0 Å². The number of rotatable bonds is 1. The summed E-state index contributed by atoms with van der Waals surface area (Å²) < 4.78 is 13.8. The average molecular weight is 262 g/mol. The summed E-state index contributed by atoms with van der Waals surface area (Å²) in [6, 6.07) is 5.58. The molecule has 2 aromatic rings. The van der Waals surface area contributed by atoms with Crippen LogP contribution < -0.4 is 5.73 Å². The normalized spacial score (nSPS) is 13.3. The Labute approximate surface area is 108 Å². The van der Waals surface area contributed by atoms with Crippen LogP contribution in [0.15, 0.2) is 30.5 Å². The van der Waals surface area contributed by atoms with E-state index in [1.807, 2.05) is 24.3 Å². The molecule has 0 spiro atoms. The van der Waals surface area contributed by atoms with Crippen LogP contribution in [0, 0.1) is 5.82 Å². The van der Waals surface area contributed by atoms with Crippen LogP contribution in [-0.2, 0) is 6.42 Å². The number of nitrogens with zero attached hydrogens (tertiary/aromatic N) is 2. The van der Waals surface area contributed by atoms with Crippen molar-refractivity contribution in [3.8, 4) is 0 Å². The van der Waals surface area contributed by atoms with E-state index in [1.54, 1.807) is 0 Å². The fourth-order valence-corrected chi connectivity index (χ4v) is 2.29. The second kappa shape index (κ2) is 4.07. The van der Waals surface area contributed by atoms with Crippen LogP contribution in [0.5, 0.6) is 0 Å². The largest absolute Gasteiger partial charge is 0.398 e. The average Bonchev–Trinajstić information content (AvgIpc) is 2.77. The first-order valence-corrected chi connectivity index (χ1v) is 5.81. The van der Waals surface area contributed by atoms with Gasteiger partial charge in [0.25, 0.3) is 0 Å². The number of fused-ring (bicyclic) bond motifs is 1. The van der Waals surface area contributed by atoms with E-state index in [0.29, 0.717) is 12.1 Å². The molecule has 3 rings (SSSR count). The Morgan fingerprint density at radius 3 is 3.00 bits per heavy atom. The van der Waals surface area contributed by atoms with Crippen molar-refractivity contribution in [2.45, 2.75) is 6.42 Å². The Morgan fingerprint density at radius 2 is 2.17 bits per heavy atom. The molecule has 5 heteroatoms. The molecule has 1 aliphatic carbocycles. The van der Waals surface area contributed by atoms with Crippen LogP contribution in [0.1, 0.15) is 16.8 Å². The summed E-state index contributed by atoms with van der Waals surface area (Å²) in [5.74, 6) is -0.485. The Morgan fingerprint density at radius 1 is 1.33 bits per heavy atom. The van der Waals surface area contributed by atoms with Crippen molar-refractivity contribution in [3.05, 3.63) is 58.4 Å². The standard InChI is InChI=1S/C13H9ClFN3/c14-13-17-6-10(15)12(18-13)9-5-4-8-7(9)2-1-3-11(8)16/h1-3,5-6H,4,16H2. The van der Waals surface area contributed by atoms with E-state index in [0.717, 1.165) is 22.9 Å². The van der Waals surface area contributed by atoms with Crippen molar-refractivity contribution >= 4 is 22.9 Å². The van der Waals surface area contributed by atoms with E-state index in [2.05, 4.69) is 9.97 Å². The third kappa shape index (κ3) is 1.66. The van der Waals surface area contributed by atoms with Gasteiger partial charge in [0.2, 0.25) is 5.28 Å². The molecule has 0 radical (unpaired) electrons. The molecule has 0 fully saturated rings. The third-order valence-corrected chi connectivity index (χ3v) is 3.16. The number of hydrogen-bond acceptors (Lipinski definition) is 3. The van der Waals surface area contributed by atoms with Gasteiger partial charge in [-0.2, -0.15) is 0 Å². The van der Waals surface area contributed by atoms with Gasteiger partial charge in [0.1, 0.15) is 5.69 Å². The fraction of sp³-hybridized carbons (Fsp3) is 0.0769. The summed E-state index contributed by atoms with van der Waals surface area (Å²) in [5.41, 5.74) is 9.45. The molecule has 0 saturated heterocycles. The number of allylic oxidation sites excluding steroid dienone is 1. The second-order valence-electron chi connectivity index (χ2n) is 4.03. The van der Waals surface area contributed by atoms with Crippen molar-refractivity contribution < 1.29 is 4.39 Å². The number of nitrogen functional groups attached to an aromatic ring is 1. The van der Waals surface area contributed by atoms with Gasteiger partial charge in [-0.05, 0) is 35.2 Å². The van der Waals surface area contributed by atoms with Gasteiger partial charge in [0, 0.05) is 11.3 Å². The highest BCUT2D eigenvalue weighted by Crippen LogP contribution is 2.35. The number of benzene rings is 1. The minimum absolute atomic E-state index is 0.0321. The molecule has 0 amide bonds. The number of anilines is 1. The van der Waals surface area contributed by atoms with Gasteiger partial charge in [0.05, 0.1) is 6.20 Å². The van der Waals surface area contributed by atoms with Gasteiger partial charge in [0.15, 0.2) is 5.82 Å². The first-order valence-electron chi connectivity index (χ1n) is 5.43. The maximum Gasteiger partial charge on any atom is 0.223 e. The highest BCUT2D eigenvalue weighted by molar-refractivity contribution is 6.28. The van der Waals surface area contributed by atoms with E-state index in [1.165, 1.54) is 0 Å². The molecule has 1 heterocycles. The summed E-state index contributed by atoms with van der Waals surface area (Å²) in [5, 5.41) is 0.0321. The van der Waals surface area contributed by atoms with Crippen molar-refractivity contribution in [1.82, 2.24) is 9.97 Å². The first-order chi connectivity index (χ1) is 8.66. The summed E-state index contributed by atoms with van der Waals surface area (Å²) in [7, 11) is 0. The predicted octanol–water partition coefficient (Wildman–Crippen LogP) is 2.84. The molecular formula is C13H9ClFN3. The lowest BCUT2D eigenvalue weighted by Crippen LogP contribution is -1.98. The molecule has 0 unspecified atom stereocenters. The lowest BCUT2D eigenvalue weighted by atomic mass is 10.0. The summed E-state index contributed by atoms with van der Waals surface area (Å²) in [4.78, 5) is 7.57. The number of nitrogens with two attached hydrogens (primary N) is 1. The van der Waals surface area contributed by atoms with Crippen LogP contribution in [0.4, 0.5) is 10.1 Å². The topological polar surface area (TPSA) is 51.8 Å². The van der Waals surface area contributed by atoms with Crippen molar-refractivity contribution in [3.63, 3.8) is 0 Å². The minimum atomic E-state index is -0.485. The smallest absolute Gasteiger partial charge is 0.223 e. The van der Waals surface area contributed by atoms with Gasteiger partial charge < -0.3 is 5.73 Å². The van der Waals surface area contributed by atoms with Crippen molar-refractivity contribution in [2.24, 2.45) is 0 Å². The fourth-order valence-electron chi connectivity index (χ4n) is 2.16. The molecule has 3 nitrogen and oxygen atoms in total. The number of aromatic nitrogens is 2. The molecular weight excluding hydrogens is 253 g/mol. The minimum Gasteiger partial charge on any atom is -0.398 e. The summed E-state index contributed by atoms with van der Waals surface area (Å²) in [6.07, 6.45) is 3.66. The third-order valence-electron chi connectivity index (χ3n) is 2.98. The highest BCUT2D eigenvalue weighted by atomic mass is 35.5. The number of hydrogen-bond donors (Lipinski definition) is 1. The predicted molar refractivity (Wildman–Crippen MR) is 68.6 cm³/mol. The monoisotopic (exact) mass is 261 g/mol. The molecule has 0 atom stereocenters. The van der Waals surface area contributed by atoms with E-state index in [4.69, 9.17) is 17.3 Å². The van der Waals surface area contributed by atoms with Crippen LogP contribution in [0.3, 0.4) is 0 Å². The molecule has 0 aliphatic heterocycles. The Bertz CT molecular complexity index is 667. The lowest BCUT2D eigenvalue weighted by molar-refractivity contribution is 0.609. The van der Waals surface area contributed by atoms with Gasteiger partial charge in [-0.25, -0.2) is 14.4 Å². The van der Waals surface area contributed by atoms with E-state index < -0.39 is 5.82 Å². The quantitative estimate of drug-likeness (QED) is 0.634. The van der Waals surface area contributed by atoms with Crippen molar-refractivity contribution in [2.75, 3.05) is 5.73 Å².